The van der Waals surface area contributed by atoms with Gasteiger partial charge in [0.25, 0.3) is 0 Å². The lowest BCUT2D eigenvalue weighted by Crippen LogP contribution is -2.46. The number of aliphatic carboxylic acids is 1. The maximum Gasteiger partial charge on any atom is 0.327 e. The molecule has 1 aromatic carbocycles. The van der Waals surface area contributed by atoms with Gasteiger partial charge < -0.3 is 14.9 Å². The summed E-state index contributed by atoms with van der Waals surface area (Å²) >= 11 is 1.68. The van der Waals surface area contributed by atoms with Gasteiger partial charge in [-0.25, -0.2) is 4.79 Å². The van der Waals surface area contributed by atoms with Gasteiger partial charge in [-0.1, -0.05) is 12.1 Å². The van der Waals surface area contributed by atoms with Gasteiger partial charge in [-0.2, -0.15) is 0 Å². The minimum absolute atomic E-state index is 0.302. The van der Waals surface area contributed by atoms with Crippen molar-refractivity contribution in [3.8, 4) is 0 Å². The standard InChI is InChI=1S/C16H21N3O2S/c1-16(2)13(15(20)21)19(10-22-16)12-6-4-5-11(9-12)14-17-7-8-18(14)3/h4-6,9,13H,7-8,10H2,1-3H3,(H,20,21). The molecular weight excluding hydrogens is 298 g/mol. The zero-order valence-corrected chi connectivity index (χ0v) is 13.9. The van der Waals surface area contributed by atoms with E-state index in [1.54, 1.807) is 11.8 Å². The van der Waals surface area contributed by atoms with Gasteiger partial charge in [0, 0.05) is 29.6 Å². The number of anilines is 1. The zero-order valence-electron chi connectivity index (χ0n) is 13.1. The van der Waals surface area contributed by atoms with E-state index in [-0.39, 0.29) is 4.75 Å². The van der Waals surface area contributed by atoms with Gasteiger partial charge in [0.15, 0.2) is 0 Å². The van der Waals surface area contributed by atoms with Crippen LogP contribution in [0.4, 0.5) is 5.69 Å². The number of carboxylic acids is 1. The van der Waals surface area contributed by atoms with E-state index in [9.17, 15) is 9.90 Å². The predicted molar refractivity (Wildman–Crippen MR) is 90.9 cm³/mol. The predicted octanol–water partition coefficient (Wildman–Crippen LogP) is 2.12. The van der Waals surface area contributed by atoms with Crippen molar-refractivity contribution in [1.29, 1.82) is 0 Å². The molecule has 0 spiro atoms. The summed E-state index contributed by atoms with van der Waals surface area (Å²) in [5.74, 6) is 0.908. The lowest BCUT2D eigenvalue weighted by atomic mass is 10.0. The quantitative estimate of drug-likeness (QED) is 0.925. The molecule has 1 saturated heterocycles. The summed E-state index contributed by atoms with van der Waals surface area (Å²) in [6, 6.07) is 7.54. The monoisotopic (exact) mass is 319 g/mol. The van der Waals surface area contributed by atoms with Crippen molar-refractivity contribution in [3.63, 3.8) is 0 Å². The minimum Gasteiger partial charge on any atom is -0.480 e. The van der Waals surface area contributed by atoms with Crippen LogP contribution in [0, 0.1) is 0 Å². The van der Waals surface area contributed by atoms with Gasteiger partial charge in [-0.05, 0) is 26.0 Å². The molecule has 0 aliphatic carbocycles. The molecule has 0 bridgehead atoms. The minimum atomic E-state index is -0.768. The normalized spacial score (nSPS) is 23.8. The molecule has 5 nitrogen and oxygen atoms in total. The number of hydrogen-bond donors (Lipinski definition) is 1. The first-order chi connectivity index (χ1) is 10.4. The van der Waals surface area contributed by atoms with Gasteiger partial charge >= 0.3 is 5.97 Å². The number of nitrogens with zero attached hydrogens (tertiary/aromatic N) is 3. The second-order valence-electron chi connectivity index (χ2n) is 6.26. The van der Waals surface area contributed by atoms with Crippen LogP contribution >= 0.6 is 11.8 Å². The van der Waals surface area contributed by atoms with E-state index in [1.165, 1.54) is 0 Å². The highest BCUT2D eigenvalue weighted by Crippen LogP contribution is 2.41. The fourth-order valence-electron chi connectivity index (χ4n) is 3.09. The number of thioether (sulfide) groups is 1. The number of benzene rings is 1. The Balaban J connectivity index is 1.94. The molecule has 1 N–H and O–H groups in total. The molecule has 1 fully saturated rings. The Bertz CT molecular complexity index is 630. The zero-order chi connectivity index (χ0) is 15.9. The molecule has 1 aromatic rings. The van der Waals surface area contributed by atoms with Crippen LogP contribution in [-0.2, 0) is 4.79 Å². The molecule has 22 heavy (non-hydrogen) atoms. The molecule has 118 valence electrons. The number of likely N-dealkylation sites (N-methyl/N-ethyl adjacent to an activating group) is 1. The first kappa shape index (κ1) is 15.2. The summed E-state index contributed by atoms with van der Waals surface area (Å²) in [6.07, 6.45) is 0. The van der Waals surface area contributed by atoms with Crippen molar-refractivity contribution in [2.75, 3.05) is 30.9 Å². The van der Waals surface area contributed by atoms with Gasteiger partial charge in [0.05, 0.1) is 12.4 Å². The van der Waals surface area contributed by atoms with E-state index in [0.29, 0.717) is 5.88 Å². The highest BCUT2D eigenvalue weighted by molar-refractivity contribution is 8.01. The number of carbonyl (C=O) groups is 1. The van der Waals surface area contributed by atoms with E-state index in [1.807, 2.05) is 44.0 Å². The largest absolute Gasteiger partial charge is 0.480 e. The third-order valence-corrected chi connectivity index (χ3v) is 5.65. The third kappa shape index (κ3) is 2.56. The van der Waals surface area contributed by atoms with E-state index < -0.39 is 12.0 Å². The Labute approximate surface area is 135 Å². The van der Waals surface area contributed by atoms with Crippen LogP contribution in [0.25, 0.3) is 0 Å². The second kappa shape index (κ2) is 5.50. The molecule has 0 saturated carbocycles. The van der Waals surface area contributed by atoms with Crippen LogP contribution in [-0.4, -0.2) is 58.6 Å². The van der Waals surface area contributed by atoms with E-state index in [0.717, 1.165) is 30.2 Å². The molecule has 3 rings (SSSR count). The fourth-order valence-corrected chi connectivity index (χ4v) is 4.24. The molecule has 0 radical (unpaired) electrons. The molecule has 1 atom stereocenters. The molecule has 0 aromatic heterocycles. The number of rotatable bonds is 3. The first-order valence-electron chi connectivity index (χ1n) is 7.39. The summed E-state index contributed by atoms with van der Waals surface area (Å²) < 4.78 is -0.302. The van der Waals surface area contributed by atoms with Crippen LogP contribution in [0.3, 0.4) is 0 Å². The average Bonchev–Trinajstić information content (AvgIpc) is 3.01. The van der Waals surface area contributed by atoms with Crippen LogP contribution in [0.5, 0.6) is 0 Å². The summed E-state index contributed by atoms with van der Waals surface area (Å²) in [7, 11) is 2.04. The Hall–Kier alpha value is -1.69. The maximum absolute atomic E-state index is 11.7. The Kier molecular flexibility index (Phi) is 3.80. The van der Waals surface area contributed by atoms with Crippen LogP contribution < -0.4 is 4.90 Å². The highest BCUT2D eigenvalue weighted by atomic mass is 32.2. The van der Waals surface area contributed by atoms with E-state index in [4.69, 9.17) is 0 Å². The highest BCUT2D eigenvalue weighted by Gasteiger charge is 2.46. The molecular formula is C16H21N3O2S. The number of aliphatic imine (C=N–C) groups is 1. The Morgan fingerprint density at radius 2 is 2.23 bits per heavy atom. The Morgan fingerprint density at radius 3 is 2.86 bits per heavy atom. The molecule has 1 unspecified atom stereocenters. The van der Waals surface area contributed by atoms with Crippen LogP contribution in [0.2, 0.25) is 0 Å². The number of carboxylic acid groups (broad SMARTS) is 1. The molecule has 0 amide bonds. The summed E-state index contributed by atoms with van der Waals surface area (Å²) in [4.78, 5) is 20.4. The van der Waals surface area contributed by atoms with Crippen molar-refractivity contribution < 1.29 is 9.90 Å². The molecule has 2 aliphatic heterocycles. The lowest BCUT2D eigenvalue weighted by molar-refractivity contribution is -0.138. The average molecular weight is 319 g/mol. The topological polar surface area (TPSA) is 56.1 Å². The van der Waals surface area contributed by atoms with Crippen LogP contribution in [0.1, 0.15) is 19.4 Å². The summed E-state index contributed by atoms with van der Waals surface area (Å²) in [5.41, 5.74) is 2.00. The fraction of sp³-hybridized carbons (Fsp3) is 0.500. The molecule has 2 heterocycles. The van der Waals surface area contributed by atoms with Gasteiger partial charge in [-0.15, -0.1) is 11.8 Å². The van der Waals surface area contributed by atoms with Crippen LogP contribution in [0.15, 0.2) is 29.3 Å². The molecule has 2 aliphatic rings. The Morgan fingerprint density at radius 1 is 1.45 bits per heavy atom. The number of hydrogen-bond acceptors (Lipinski definition) is 5. The van der Waals surface area contributed by atoms with E-state index in [2.05, 4.69) is 16.0 Å². The lowest BCUT2D eigenvalue weighted by Gasteiger charge is -2.29. The van der Waals surface area contributed by atoms with Gasteiger partial charge in [0.1, 0.15) is 11.9 Å². The van der Waals surface area contributed by atoms with Crippen molar-refractivity contribution in [3.05, 3.63) is 29.8 Å². The maximum atomic E-state index is 11.7. The van der Waals surface area contributed by atoms with Crippen molar-refractivity contribution >= 4 is 29.3 Å². The van der Waals surface area contributed by atoms with E-state index >= 15 is 0 Å². The smallest absolute Gasteiger partial charge is 0.327 e. The van der Waals surface area contributed by atoms with Crippen molar-refractivity contribution in [2.45, 2.75) is 24.6 Å². The number of amidine groups is 1. The summed E-state index contributed by atoms with van der Waals surface area (Å²) in [5, 5.41) is 9.62. The molecule has 6 heteroatoms. The second-order valence-corrected chi connectivity index (χ2v) is 7.86. The van der Waals surface area contributed by atoms with Gasteiger partial charge in [0.2, 0.25) is 0 Å². The summed E-state index contributed by atoms with van der Waals surface area (Å²) in [6.45, 7) is 5.74. The van der Waals surface area contributed by atoms with Crippen molar-refractivity contribution in [1.82, 2.24) is 4.90 Å². The van der Waals surface area contributed by atoms with Crippen molar-refractivity contribution in [2.24, 2.45) is 4.99 Å². The third-order valence-electron chi connectivity index (χ3n) is 4.27. The van der Waals surface area contributed by atoms with Gasteiger partial charge in [-0.3, -0.25) is 4.99 Å². The first-order valence-corrected chi connectivity index (χ1v) is 8.38. The SMILES string of the molecule is CN1CCN=C1c1cccc(N2CSC(C)(C)C2C(=O)O)c1.